The van der Waals surface area contributed by atoms with Crippen LogP contribution in [0, 0.1) is 0 Å². The predicted octanol–water partition coefficient (Wildman–Crippen LogP) is 3.99. The van der Waals surface area contributed by atoms with Crippen molar-refractivity contribution in [2.24, 2.45) is 0 Å². The van der Waals surface area contributed by atoms with Gasteiger partial charge in [-0.3, -0.25) is 0 Å². The Morgan fingerprint density at radius 2 is 1.53 bits per heavy atom. The van der Waals surface area contributed by atoms with Crippen molar-refractivity contribution < 1.29 is 19.1 Å². The van der Waals surface area contributed by atoms with Crippen molar-refractivity contribution in [3.05, 3.63) is 71.7 Å². The van der Waals surface area contributed by atoms with Crippen LogP contribution in [0.3, 0.4) is 0 Å². The minimum atomic E-state index is -0.676. The van der Waals surface area contributed by atoms with Gasteiger partial charge in [-0.25, -0.2) is 19.6 Å². The molecular weight excluding hydrogens is 382 g/mol. The SMILES string of the molecule is CCOC(=O)c1nc(C(=O)OCC)c2c(n1)c1ccccc1n2Cc1ccccc1. The Bertz CT molecular complexity index is 1230. The smallest absolute Gasteiger partial charge is 0.376 e. The van der Waals surface area contributed by atoms with E-state index >= 15 is 0 Å². The molecule has 152 valence electrons. The molecule has 0 saturated carbocycles. The van der Waals surface area contributed by atoms with Gasteiger partial charge in [-0.2, -0.15) is 0 Å². The Kier molecular flexibility index (Phi) is 5.43. The van der Waals surface area contributed by atoms with Crippen LogP contribution in [0.1, 0.15) is 40.5 Å². The number of carbonyl (C=O) groups is 2. The monoisotopic (exact) mass is 403 g/mol. The maximum atomic E-state index is 12.8. The Balaban J connectivity index is 2.03. The van der Waals surface area contributed by atoms with E-state index in [2.05, 4.69) is 9.97 Å². The second kappa shape index (κ2) is 8.32. The van der Waals surface area contributed by atoms with Crippen molar-refractivity contribution >= 4 is 33.9 Å². The summed E-state index contributed by atoms with van der Waals surface area (Å²) in [6.45, 7) is 4.32. The van der Waals surface area contributed by atoms with Gasteiger partial charge in [0.25, 0.3) is 0 Å². The molecule has 0 spiro atoms. The average Bonchev–Trinajstić information content (AvgIpc) is 3.08. The molecule has 0 aliphatic carbocycles. The molecule has 30 heavy (non-hydrogen) atoms. The van der Waals surface area contributed by atoms with E-state index in [-0.39, 0.29) is 24.7 Å². The number of hydrogen-bond acceptors (Lipinski definition) is 6. The van der Waals surface area contributed by atoms with Crippen LogP contribution in [0.25, 0.3) is 21.9 Å². The first-order chi connectivity index (χ1) is 14.6. The summed E-state index contributed by atoms with van der Waals surface area (Å²) in [5.74, 6) is -1.44. The zero-order valence-electron chi connectivity index (χ0n) is 16.8. The van der Waals surface area contributed by atoms with Gasteiger partial charge in [-0.1, -0.05) is 48.5 Å². The summed E-state index contributed by atoms with van der Waals surface area (Å²) in [5, 5.41) is 0.821. The number of benzene rings is 2. The minimum Gasteiger partial charge on any atom is -0.461 e. The van der Waals surface area contributed by atoms with Crippen molar-refractivity contribution in [1.29, 1.82) is 0 Å². The van der Waals surface area contributed by atoms with Gasteiger partial charge in [0.1, 0.15) is 11.0 Å². The maximum absolute atomic E-state index is 12.8. The third-order valence-corrected chi connectivity index (χ3v) is 4.71. The second-order valence-corrected chi connectivity index (χ2v) is 6.62. The molecule has 2 aromatic carbocycles. The Morgan fingerprint density at radius 1 is 0.867 bits per heavy atom. The third kappa shape index (κ3) is 3.50. The Hall–Kier alpha value is -3.74. The highest BCUT2D eigenvalue weighted by Gasteiger charge is 2.25. The van der Waals surface area contributed by atoms with Crippen molar-refractivity contribution in [3.8, 4) is 0 Å². The number of rotatable bonds is 6. The van der Waals surface area contributed by atoms with Crippen LogP contribution in [-0.2, 0) is 16.0 Å². The predicted molar refractivity (Wildman–Crippen MR) is 112 cm³/mol. The maximum Gasteiger partial charge on any atom is 0.376 e. The summed E-state index contributed by atoms with van der Waals surface area (Å²) in [5.41, 5.74) is 3.05. The molecular formula is C23H21N3O4. The van der Waals surface area contributed by atoms with E-state index in [1.54, 1.807) is 13.8 Å². The van der Waals surface area contributed by atoms with Gasteiger partial charge in [-0.05, 0) is 25.5 Å². The van der Waals surface area contributed by atoms with E-state index in [0.29, 0.717) is 17.6 Å². The molecule has 2 heterocycles. The highest BCUT2D eigenvalue weighted by atomic mass is 16.5. The topological polar surface area (TPSA) is 83.3 Å². The molecule has 0 radical (unpaired) electrons. The lowest BCUT2D eigenvalue weighted by molar-refractivity contribution is 0.0507. The zero-order chi connectivity index (χ0) is 21.1. The fraction of sp³-hybridized carbons (Fsp3) is 0.217. The fourth-order valence-electron chi connectivity index (χ4n) is 3.49. The molecule has 0 fully saturated rings. The molecule has 0 aliphatic heterocycles. The molecule has 7 nitrogen and oxygen atoms in total. The lowest BCUT2D eigenvalue weighted by atomic mass is 10.2. The highest BCUT2D eigenvalue weighted by molar-refractivity contribution is 6.12. The first-order valence-electron chi connectivity index (χ1n) is 9.81. The summed E-state index contributed by atoms with van der Waals surface area (Å²) in [6, 6.07) is 17.6. The van der Waals surface area contributed by atoms with E-state index < -0.39 is 11.9 Å². The van der Waals surface area contributed by atoms with Gasteiger partial charge in [0.2, 0.25) is 5.82 Å². The number of para-hydroxylation sites is 1. The van der Waals surface area contributed by atoms with Gasteiger partial charge in [-0.15, -0.1) is 0 Å². The van der Waals surface area contributed by atoms with Gasteiger partial charge in [0, 0.05) is 11.9 Å². The number of fused-ring (bicyclic) bond motifs is 3. The van der Waals surface area contributed by atoms with Crippen LogP contribution in [0.5, 0.6) is 0 Å². The molecule has 0 unspecified atom stereocenters. The molecule has 0 bridgehead atoms. The van der Waals surface area contributed by atoms with E-state index in [1.165, 1.54) is 0 Å². The molecule has 0 N–H and O–H groups in total. The standard InChI is InChI=1S/C23H21N3O4/c1-3-29-22(27)19-20-18(24-21(25-19)23(28)30-4-2)16-12-8-9-13-17(16)26(20)14-15-10-6-5-7-11-15/h5-13H,3-4,14H2,1-2H3. The number of carbonyl (C=O) groups excluding carboxylic acids is 2. The van der Waals surface area contributed by atoms with Crippen molar-refractivity contribution in [2.75, 3.05) is 13.2 Å². The summed E-state index contributed by atoms with van der Waals surface area (Å²) in [6.07, 6.45) is 0. The fourth-order valence-corrected chi connectivity index (χ4v) is 3.49. The van der Waals surface area contributed by atoms with Crippen LogP contribution < -0.4 is 0 Å². The Morgan fingerprint density at radius 3 is 2.27 bits per heavy atom. The molecule has 0 saturated heterocycles. The zero-order valence-corrected chi connectivity index (χ0v) is 16.8. The van der Waals surface area contributed by atoms with Crippen LogP contribution in [0.15, 0.2) is 54.6 Å². The van der Waals surface area contributed by atoms with Crippen LogP contribution in [0.4, 0.5) is 0 Å². The van der Waals surface area contributed by atoms with Gasteiger partial charge in [0.15, 0.2) is 5.69 Å². The van der Waals surface area contributed by atoms with Gasteiger partial charge < -0.3 is 14.0 Å². The Labute approximate surface area is 173 Å². The molecule has 4 rings (SSSR count). The first kappa shape index (κ1) is 19.6. The number of aromatic nitrogens is 3. The van der Waals surface area contributed by atoms with E-state index in [9.17, 15) is 9.59 Å². The van der Waals surface area contributed by atoms with Crippen molar-refractivity contribution in [1.82, 2.24) is 14.5 Å². The summed E-state index contributed by atoms with van der Waals surface area (Å²) in [4.78, 5) is 33.9. The molecule has 0 amide bonds. The number of ether oxygens (including phenoxy) is 2. The molecule has 4 aromatic rings. The van der Waals surface area contributed by atoms with E-state index in [4.69, 9.17) is 9.47 Å². The number of esters is 2. The van der Waals surface area contributed by atoms with Crippen LogP contribution in [0.2, 0.25) is 0 Å². The van der Waals surface area contributed by atoms with Gasteiger partial charge in [0.05, 0.1) is 18.7 Å². The molecule has 7 heteroatoms. The molecule has 2 aromatic heterocycles. The number of nitrogens with zero attached hydrogens (tertiary/aromatic N) is 3. The number of hydrogen-bond donors (Lipinski definition) is 0. The molecule has 0 atom stereocenters. The summed E-state index contributed by atoms with van der Waals surface area (Å²) in [7, 11) is 0. The third-order valence-electron chi connectivity index (χ3n) is 4.71. The highest BCUT2D eigenvalue weighted by Crippen LogP contribution is 2.30. The summed E-state index contributed by atoms with van der Waals surface area (Å²) >= 11 is 0. The molecule has 0 aliphatic rings. The van der Waals surface area contributed by atoms with E-state index in [1.807, 2.05) is 59.2 Å². The quantitative estimate of drug-likeness (QED) is 0.453. The second-order valence-electron chi connectivity index (χ2n) is 6.62. The lowest BCUT2D eigenvalue weighted by Gasteiger charge is -2.11. The lowest BCUT2D eigenvalue weighted by Crippen LogP contribution is -2.17. The van der Waals surface area contributed by atoms with Crippen LogP contribution >= 0.6 is 0 Å². The van der Waals surface area contributed by atoms with Crippen LogP contribution in [-0.4, -0.2) is 39.7 Å². The average molecular weight is 403 g/mol. The van der Waals surface area contributed by atoms with Gasteiger partial charge >= 0.3 is 11.9 Å². The van der Waals surface area contributed by atoms with E-state index in [0.717, 1.165) is 16.5 Å². The first-order valence-corrected chi connectivity index (χ1v) is 9.81. The summed E-state index contributed by atoms with van der Waals surface area (Å²) < 4.78 is 12.3. The van der Waals surface area contributed by atoms with Crippen molar-refractivity contribution in [2.45, 2.75) is 20.4 Å². The largest absolute Gasteiger partial charge is 0.461 e. The van der Waals surface area contributed by atoms with Crippen molar-refractivity contribution in [3.63, 3.8) is 0 Å². The minimum absolute atomic E-state index is 0.0528. The normalized spacial score (nSPS) is 11.0.